The van der Waals surface area contributed by atoms with Crippen LogP contribution in [0.4, 0.5) is 0 Å². The minimum atomic E-state index is -0.915. The Hall–Kier alpha value is -1.77. The number of hydrogen-bond acceptors (Lipinski definition) is 6. The van der Waals surface area contributed by atoms with Crippen LogP contribution in [0.25, 0.3) is 0 Å². The molecule has 0 fully saturated rings. The lowest BCUT2D eigenvalue weighted by Gasteiger charge is -2.35. The van der Waals surface area contributed by atoms with E-state index < -0.39 is 11.2 Å². The molecule has 0 saturated carbocycles. The van der Waals surface area contributed by atoms with Gasteiger partial charge in [0.25, 0.3) is 0 Å². The highest BCUT2D eigenvalue weighted by atomic mass is 32.2. The van der Waals surface area contributed by atoms with Gasteiger partial charge in [-0.25, -0.2) is 4.99 Å². The second kappa shape index (κ2) is 8.77. The highest BCUT2D eigenvalue weighted by Crippen LogP contribution is 2.50. The maximum atomic E-state index is 13.7. The number of carboxylic acid groups (broad SMARTS) is 1. The van der Waals surface area contributed by atoms with E-state index in [1.54, 1.807) is 23.6 Å². The first-order valence-electron chi connectivity index (χ1n) is 10.2. The number of rotatable bonds is 5. The zero-order valence-electron chi connectivity index (χ0n) is 17.3. The number of amides is 1. The molecule has 4 rings (SSSR count). The van der Waals surface area contributed by atoms with Crippen LogP contribution >= 0.6 is 23.5 Å². The van der Waals surface area contributed by atoms with Crippen LogP contribution in [0.15, 0.2) is 45.8 Å². The standard InChI is InChI=1S/C22H26N2O4S2/c1-12(2)16-9-15-17(11-28-16)30-19-18(15)20(25)24(10-14-7-5-4-6-8-14)22(23-19)29-13(3)21(26)27/h4-8,12-13,16,18-19H,9-11H2,1-3H3,(H,26,27)/t13-,16+,18?,19?/m1/s1. The number of hydrogen-bond donors (Lipinski definition) is 1. The van der Waals surface area contributed by atoms with Crippen LogP contribution in [-0.2, 0) is 20.9 Å². The molecule has 8 heteroatoms. The summed E-state index contributed by atoms with van der Waals surface area (Å²) in [6.45, 7) is 6.82. The molecule has 0 radical (unpaired) electrons. The van der Waals surface area contributed by atoms with Crippen LogP contribution in [0, 0.1) is 11.8 Å². The highest BCUT2D eigenvalue weighted by Gasteiger charge is 2.48. The number of ether oxygens (including phenoxy) is 1. The van der Waals surface area contributed by atoms with Crippen molar-refractivity contribution in [1.82, 2.24) is 4.90 Å². The molecule has 0 aromatic heterocycles. The third kappa shape index (κ3) is 4.18. The summed E-state index contributed by atoms with van der Waals surface area (Å²) in [5.41, 5.74) is 2.16. The molecule has 3 aliphatic rings. The summed E-state index contributed by atoms with van der Waals surface area (Å²) >= 11 is 2.74. The second-order valence-corrected chi connectivity index (χ2v) is 10.7. The summed E-state index contributed by atoms with van der Waals surface area (Å²) in [5, 5.41) is 8.96. The number of fused-ring (bicyclic) bond motifs is 2. The molecule has 1 aromatic rings. The van der Waals surface area contributed by atoms with Gasteiger partial charge in [-0.05, 0) is 30.4 Å². The van der Waals surface area contributed by atoms with Gasteiger partial charge in [-0.2, -0.15) is 0 Å². The van der Waals surface area contributed by atoms with Crippen molar-refractivity contribution < 1.29 is 19.4 Å². The molecule has 3 heterocycles. The Labute approximate surface area is 185 Å². The first kappa shape index (κ1) is 21.5. The third-order valence-corrected chi connectivity index (χ3v) is 8.06. The van der Waals surface area contributed by atoms with Gasteiger partial charge in [-0.1, -0.05) is 67.7 Å². The number of thioether (sulfide) groups is 2. The largest absolute Gasteiger partial charge is 0.480 e. The zero-order chi connectivity index (χ0) is 21.4. The molecule has 2 unspecified atom stereocenters. The van der Waals surface area contributed by atoms with E-state index in [1.165, 1.54) is 0 Å². The van der Waals surface area contributed by atoms with E-state index in [-0.39, 0.29) is 23.3 Å². The first-order chi connectivity index (χ1) is 14.3. The van der Waals surface area contributed by atoms with E-state index in [4.69, 9.17) is 9.73 Å². The molecule has 30 heavy (non-hydrogen) atoms. The van der Waals surface area contributed by atoms with Gasteiger partial charge in [0.15, 0.2) is 5.17 Å². The number of carboxylic acids is 1. The molecular formula is C22H26N2O4S2. The van der Waals surface area contributed by atoms with E-state index in [0.717, 1.165) is 34.2 Å². The molecule has 0 saturated heterocycles. The van der Waals surface area contributed by atoms with Crippen molar-refractivity contribution >= 4 is 40.6 Å². The van der Waals surface area contributed by atoms with Crippen LogP contribution in [0.3, 0.4) is 0 Å². The topological polar surface area (TPSA) is 79.2 Å². The molecule has 1 amide bonds. The number of carbonyl (C=O) groups excluding carboxylic acids is 1. The van der Waals surface area contributed by atoms with Gasteiger partial charge in [-0.15, -0.1) is 0 Å². The van der Waals surface area contributed by atoms with Gasteiger partial charge in [-0.3, -0.25) is 14.5 Å². The Bertz CT molecular complexity index is 900. The van der Waals surface area contributed by atoms with Crippen LogP contribution in [0.2, 0.25) is 0 Å². The van der Waals surface area contributed by atoms with Crippen molar-refractivity contribution in [3.63, 3.8) is 0 Å². The number of amidine groups is 1. The fourth-order valence-corrected chi connectivity index (χ4v) is 6.21. The predicted octanol–water partition coefficient (Wildman–Crippen LogP) is 3.98. The minimum Gasteiger partial charge on any atom is -0.480 e. The van der Waals surface area contributed by atoms with Crippen molar-refractivity contribution in [2.24, 2.45) is 16.8 Å². The van der Waals surface area contributed by atoms with Gasteiger partial charge >= 0.3 is 5.97 Å². The lowest BCUT2D eigenvalue weighted by Crippen LogP contribution is -2.47. The van der Waals surface area contributed by atoms with Crippen molar-refractivity contribution in [3.8, 4) is 0 Å². The smallest absolute Gasteiger partial charge is 0.316 e. The van der Waals surface area contributed by atoms with Crippen LogP contribution in [0.1, 0.15) is 32.8 Å². The number of benzene rings is 1. The fraction of sp³-hybridized carbons (Fsp3) is 0.500. The minimum absolute atomic E-state index is 0.0147. The Morgan fingerprint density at radius 2 is 2.07 bits per heavy atom. The van der Waals surface area contributed by atoms with Crippen molar-refractivity contribution in [2.75, 3.05) is 6.61 Å². The van der Waals surface area contributed by atoms with Crippen LogP contribution in [-0.4, -0.2) is 50.4 Å². The molecule has 0 spiro atoms. The molecule has 4 atom stereocenters. The summed E-state index contributed by atoms with van der Waals surface area (Å²) < 4.78 is 6.00. The SMILES string of the molecule is CC(C)[C@@H]1CC2=C(CO1)SC1N=C(S[C@H](C)C(=O)O)N(Cc3ccccc3)C(=O)C21. The molecule has 160 valence electrons. The lowest BCUT2D eigenvalue weighted by atomic mass is 9.87. The van der Waals surface area contributed by atoms with E-state index in [1.807, 2.05) is 30.3 Å². The second-order valence-electron chi connectivity index (χ2n) is 8.15. The Morgan fingerprint density at radius 1 is 1.33 bits per heavy atom. The predicted molar refractivity (Wildman–Crippen MR) is 120 cm³/mol. The maximum Gasteiger partial charge on any atom is 0.316 e. The number of carbonyl (C=O) groups is 2. The van der Waals surface area contributed by atoms with E-state index in [9.17, 15) is 14.7 Å². The van der Waals surface area contributed by atoms with Gasteiger partial charge in [0.05, 0.1) is 25.2 Å². The van der Waals surface area contributed by atoms with E-state index >= 15 is 0 Å². The molecular weight excluding hydrogens is 420 g/mol. The average molecular weight is 447 g/mol. The van der Waals surface area contributed by atoms with Crippen molar-refractivity contribution in [3.05, 3.63) is 46.4 Å². The Kier molecular flexibility index (Phi) is 6.27. The van der Waals surface area contributed by atoms with Gasteiger partial charge in [0, 0.05) is 4.91 Å². The molecule has 1 N–H and O–H groups in total. The fourth-order valence-electron chi connectivity index (χ4n) is 3.92. The summed E-state index contributed by atoms with van der Waals surface area (Å²) in [5.74, 6) is -0.806. The molecule has 0 bridgehead atoms. The zero-order valence-corrected chi connectivity index (χ0v) is 18.9. The molecule has 3 aliphatic heterocycles. The van der Waals surface area contributed by atoms with Gasteiger partial charge < -0.3 is 9.84 Å². The monoisotopic (exact) mass is 446 g/mol. The summed E-state index contributed by atoms with van der Waals surface area (Å²) in [7, 11) is 0. The quantitative estimate of drug-likeness (QED) is 0.737. The maximum absolute atomic E-state index is 13.7. The van der Waals surface area contributed by atoms with Crippen LogP contribution in [0.5, 0.6) is 0 Å². The molecule has 6 nitrogen and oxygen atoms in total. The normalized spacial score (nSPS) is 27.1. The Morgan fingerprint density at radius 3 is 2.73 bits per heavy atom. The van der Waals surface area contributed by atoms with Gasteiger partial charge in [0.1, 0.15) is 10.6 Å². The average Bonchev–Trinajstić information content (AvgIpc) is 3.09. The van der Waals surface area contributed by atoms with Crippen molar-refractivity contribution in [1.29, 1.82) is 0 Å². The summed E-state index contributed by atoms with van der Waals surface area (Å²) in [6, 6.07) is 9.76. The molecule has 1 aromatic carbocycles. The van der Waals surface area contributed by atoms with Crippen molar-refractivity contribution in [2.45, 2.75) is 50.5 Å². The first-order valence-corrected chi connectivity index (χ1v) is 11.9. The third-order valence-electron chi connectivity index (χ3n) is 5.69. The highest BCUT2D eigenvalue weighted by molar-refractivity contribution is 8.15. The number of nitrogens with zero attached hydrogens (tertiary/aromatic N) is 2. The molecule has 0 aliphatic carbocycles. The Balaban J connectivity index is 1.65. The van der Waals surface area contributed by atoms with Gasteiger partial charge in [0.2, 0.25) is 5.91 Å². The van der Waals surface area contributed by atoms with Crippen LogP contribution < -0.4 is 0 Å². The summed E-state index contributed by atoms with van der Waals surface area (Å²) in [4.78, 5) is 32.8. The van der Waals surface area contributed by atoms with E-state index in [0.29, 0.717) is 24.2 Å². The number of aliphatic imine (C=N–C) groups is 1. The van der Waals surface area contributed by atoms with E-state index in [2.05, 4.69) is 13.8 Å². The summed E-state index contributed by atoms with van der Waals surface area (Å²) in [6.07, 6.45) is 0.876. The lowest BCUT2D eigenvalue weighted by molar-refractivity contribution is -0.136. The number of aliphatic carboxylic acids is 1.